The van der Waals surface area contributed by atoms with E-state index in [1.807, 2.05) is 28.9 Å². The Kier molecular flexibility index (Phi) is 3.80. The zero-order valence-corrected chi connectivity index (χ0v) is 13.5. The third-order valence-electron chi connectivity index (χ3n) is 4.81. The molecule has 2 saturated carbocycles. The molecule has 2 aliphatic rings. The van der Waals surface area contributed by atoms with Gasteiger partial charge in [0, 0.05) is 11.3 Å². The predicted molar refractivity (Wildman–Crippen MR) is 88.2 cm³/mol. The molecule has 0 atom stereocenters. The summed E-state index contributed by atoms with van der Waals surface area (Å²) >= 11 is 0. The van der Waals surface area contributed by atoms with E-state index in [0.29, 0.717) is 24.6 Å². The largest absolute Gasteiger partial charge is 0.389 e. The normalized spacial score (nSPS) is 19.4. The number of nitrogens with one attached hydrogen (secondary N) is 1. The van der Waals surface area contributed by atoms with Crippen LogP contribution < -0.4 is 5.32 Å². The van der Waals surface area contributed by atoms with Gasteiger partial charge < -0.3 is 10.4 Å². The first kappa shape index (κ1) is 15.3. The van der Waals surface area contributed by atoms with Crippen LogP contribution in [0.15, 0.2) is 24.3 Å². The van der Waals surface area contributed by atoms with Gasteiger partial charge >= 0.3 is 0 Å². The molecule has 126 valence electrons. The van der Waals surface area contributed by atoms with Gasteiger partial charge in [-0.05, 0) is 48.2 Å². The zero-order chi connectivity index (χ0) is 16.6. The van der Waals surface area contributed by atoms with Crippen molar-refractivity contribution >= 4 is 11.6 Å². The summed E-state index contributed by atoms with van der Waals surface area (Å²) in [4.78, 5) is 12.2. The summed E-state index contributed by atoms with van der Waals surface area (Å²) < 4.78 is 1.85. The molecular weight excluding hydrogens is 306 g/mol. The summed E-state index contributed by atoms with van der Waals surface area (Å²) in [6, 6.07) is 7.92. The fourth-order valence-corrected chi connectivity index (χ4v) is 3.40. The minimum absolute atomic E-state index is 0.150. The van der Waals surface area contributed by atoms with Crippen molar-refractivity contribution in [3.05, 3.63) is 24.3 Å². The van der Waals surface area contributed by atoms with Crippen LogP contribution in [-0.4, -0.2) is 36.8 Å². The van der Waals surface area contributed by atoms with Gasteiger partial charge in [0.2, 0.25) is 5.91 Å². The zero-order valence-electron chi connectivity index (χ0n) is 13.5. The molecule has 0 spiro atoms. The summed E-state index contributed by atoms with van der Waals surface area (Å²) in [5, 5.41) is 25.2. The van der Waals surface area contributed by atoms with E-state index in [9.17, 15) is 9.90 Å². The molecule has 2 aliphatic carbocycles. The Balaban J connectivity index is 1.48. The Morgan fingerprint density at radius 3 is 2.88 bits per heavy atom. The molecular formula is C17H21N5O2. The van der Waals surface area contributed by atoms with Crippen LogP contribution >= 0.6 is 0 Å². The second-order valence-corrected chi connectivity index (χ2v) is 6.92. The second kappa shape index (κ2) is 5.98. The highest BCUT2D eigenvalue weighted by molar-refractivity contribution is 5.92. The van der Waals surface area contributed by atoms with Crippen molar-refractivity contribution in [2.24, 2.45) is 0 Å². The summed E-state index contributed by atoms with van der Waals surface area (Å²) in [6.45, 7) is 0. The number of amides is 1. The molecule has 1 aromatic heterocycles. The van der Waals surface area contributed by atoms with E-state index in [4.69, 9.17) is 0 Å². The summed E-state index contributed by atoms with van der Waals surface area (Å²) in [7, 11) is 0. The molecule has 24 heavy (non-hydrogen) atoms. The quantitative estimate of drug-likeness (QED) is 0.879. The maximum atomic E-state index is 12.2. The van der Waals surface area contributed by atoms with Gasteiger partial charge in [0.1, 0.15) is 0 Å². The number of anilines is 1. The van der Waals surface area contributed by atoms with E-state index < -0.39 is 5.60 Å². The van der Waals surface area contributed by atoms with E-state index >= 15 is 0 Å². The number of aromatic nitrogens is 4. The lowest BCUT2D eigenvalue weighted by Crippen LogP contribution is -2.30. The molecule has 7 nitrogen and oxygen atoms in total. The molecule has 1 heterocycles. The minimum atomic E-state index is -0.836. The van der Waals surface area contributed by atoms with Crippen LogP contribution in [-0.2, 0) is 4.79 Å². The van der Waals surface area contributed by atoms with Crippen LogP contribution in [0.3, 0.4) is 0 Å². The molecule has 2 aromatic rings. The van der Waals surface area contributed by atoms with Crippen molar-refractivity contribution in [2.75, 3.05) is 5.32 Å². The molecule has 0 bridgehead atoms. The number of rotatable bonds is 5. The lowest BCUT2D eigenvalue weighted by Gasteiger charge is -2.21. The fourth-order valence-electron chi connectivity index (χ4n) is 3.40. The van der Waals surface area contributed by atoms with Crippen LogP contribution in [0.25, 0.3) is 11.4 Å². The van der Waals surface area contributed by atoms with E-state index in [0.717, 1.165) is 37.1 Å². The smallest absolute Gasteiger partial charge is 0.227 e. The number of nitrogens with zero attached hydrogens (tertiary/aromatic N) is 4. The molecule has 2 fully saturated rings. The van der Waals surface area contributed by atoms with Crippen molar-refractivity contribution in [3.63, 3.8) is 0 Å². The second-order valence-electron chi connectivity index (χ2n) is 6.92. The molecule has 0 aliphatic heterocycles. The van der Waals surface area contributed by atoms with Crippen molar-refractivity contribution in [1.82, 2.24) is 20.2 Å². The van der Waals surface area contributed by atoms with Gasteiger partial charge in [0.15, 0.2) is 5.82 Å². The van der Waals surface area contributed by atoms with Crippen LogP contribution in [0.2, 0.25) is 0 Å². The van der Waals surface area contributed by atoms with E-state index in [-0.39, 0.29) is 12.3 Å². The highest BCUT2D eigenvalue weighted by Crippen LogP contribution is 2.37. The number of hydrogen-bond acceptors (Lipinski definition) is 5. The van der Waals surface area contributed by atoms with Gasteiger partial charge in [-0.1, -0.05) is 25.0 Å². The number of aliphatic hydroxyl groups is 1. The van der Waals surface area contributed by atoms with Crippen molar-refractivity contribution in [2.45, 2.75) is 56.6 Å². The Labute approximate surface area is 140 Å². The van der Waals surface area contributed by atoms with Crippen molar-refractivity contribution in [1.29, 1.82) is 0 Å². The van der Waals surface area contributed by atoms with Crippen molar-refractivity contribution in [3.8, 4) is 11.4 Å². The molecule has 1 amide bonds. The highest BCUT2D eigenvalue weighted by Gasteiger charge is 2.33. The number of tetrazole rings is 1. The maximum absolute atomic E-state index is 12.2. The van der Waals surface area contributed by atoms with Gasteiger partial charge in [-0.15, -0.1) is 5.10 Å². The third kappa shape index (κ3) is 3.17. The van der Waals surface area contributed by atoms with Gasteiger partial charge in [-0.3, -0.25) is 4.79 Å². The van der Waals surface area contributed by atoms with Crippen LogP contribution in [0.5, 0.6) is 0 Å². The summed E-state index contributed by atoms with van der Waals surface area (Å²) in [6.07, 6.45) is 5.75. The van der Waals surface area contributed by atoms with Crippen LogP contribution in [0, 0.1) is 0 Å². The average molecular weight is 327 g/mol. The molecule has 1 aromatic carbocycles. The van der Waals surface area contributed by atoms with Gasteiger partial charge in [-0.25, -0.2) is 4.68 Å². The Morgan fingerprint density at radius 2 is 2.12 bits per heavy atom. The van der Waals surface area contributed by atoms with E-state index in [1.54, 1.807) is 0 Å². The molecule has 7 heteroatoms. The minimum Gasteiger partial charge on any atom is -0.389 e. The predicted octanol–water partition coefficient (Wildman–Crippen LogP) is 2.31. The number of hydrogen-bond donors (Lipinski definition) is 2. The topological polar surface area (TPSA) is 92.9 Å². The molecule has 0 radical (unpaired) electrons. The van der Waals surface area contributed by atoms with Gasteiger partial charge in [0.25, 0.3) is 0 Å². The van der Waals surface area contributed by atoms with Gasteiger partial charge in [0.05, 0.1) is 18.1 Å². The van der Waals surface area contributed by atoms with Crippen LogP contribution in [0.1, 0.15) is 51.0 Å². The average Bonchev–Trinajstić information content (AvgIpc) is 3.12. The SMILES string of the molecule is O=C(CC1(O)CCCC1)Nc1cccc(-c2nnnn2C2CC2)c1. The van der Waals surface area contributed by atoms with Crippen molar-refractivity contribution < 1.29 is 9.90 Å². The monoisotopic (exact) mass is 327 g/mol. The first-order valence-corrected chi connectivity index (χ1v) is 8.54. The Morgan fingerprint density at radius 1 is 1.33 bits per heavy atom. The lowest BCUT2D eigenvalue weighted by molar-refractivity contribution is -0.120. The third-order valence-corrected chi connectivity index (χ3v) is 4.81. The van der Waals surface area contributed by atoms with E-state index in [2.05, 4.69) is 20.8 Å². The molecule has 0 saturated heterocycles. The summed E-state index contributed by atoms with van der Waals surface area (Å²) in [5.41, 5.74) is 0.742. The molecule has 2 N–H and O–H groups in total. The van der Waals surface area contributed by atoms with Crippen LogP contribution in [0.4, 0.5) is 5.69 Å². The Bertz CT molecular complexity index is 747. The summed E-state index contributed by atoms with van der Waals surface area (Å²) in [5.74, 6) is 0.571. The first-order chi connectivity index (χ1) is 11.6. The van der Waals surface area contributed by atoms with Gasteiger partial charge in [-0.2, -0.15) is 0 Å². The number of benzene rings is 1. The standard InChI is InChI=1S/C17H21N5O2/c23-15(11-17(24)8-1-2-9-17)18-13-5-3-4-12(10-13)16-19-20-21-22(16)14-6-7-14/h3-5,10,14,24H,1-2,6-9,11H2,(H,18,23). The lowest BCUT2D eigenvalue weighted by atomic mass is 9.97. The molecule has 4 rings (SSSR count). The fraction of sp³-hybridized carbons (Fsp3) is 0.529. The number of carbonyl (C=O) groups excluding carboxylic acids is 1. The van der Waals surface area contributed by atoms with E-state index in [1.165, 1.54) is 0 Å². The Hall–Kier alpha value is -2.28. The maximum Gasteiger partial charge on any atom is 0.227 e. The molecule has 0 unspecified atom stereocenters. The number of carbonyl (C=O) groups is 1. The first-order valence-electron chi connectivity index (χ1n) is 8.54. The highest BCUT2D eigenvalue weighted by atomic mass is 16.3.